The number of hydrogen-bond donors (Lipinski definition) is 1. The molecule has 0 radical (unpaired) electrons. The van der Waals surface area contributed by atoms with E-state index in [2.05, 4.69) is 5.32 Å². The molecule has 1 amide bonds. The lowest BCUT2D eigenvalue weighted by atomic mass is 9.99. The molecule has 0 bridgehead atoms. The highest BCUT2D eigenvalue weighted by Crippen LogP contribution is 2.35. The molecule has 138 valence electrons. The van der Waals surface area contributed by atoms with Crippen molar-refractivity contribution in [3.05, 3.63) is 18.2 Å². The van der Waals surface area contributed by atoms with Crippen molar-refractivity contribution in [1.82, 2.24) is 5.32 Å². The Morgan fingerprint density at radius 2 is 1.96 bits per heavy atom. The average molecular weight is 370 g/mol. The van der Waals surface area contributed by atoms with Crippen LogP contribution in [0.4, 0.5) is 5.69 Å². The largest absolute Gasteiger partial charge is 0.454 e. The summed E-state index contributed by atoms with van der Waals surface area (Å²) in [6.45, 7) is 1.68. The zero-order valence-electron chi connectivity index (χ0n) is 14.1. The molecule has 0 aliphatic carbocycles. The first-order valence-electron chi connectivity index (χ1n) is 8.18. The van der Waals surface area contributed by atoms with E-state index in [1.807, 2.05) is 0 Å². The molecular weight excluding hydrogens is 348 g/mol. The summed E-state index contributed by atoms with van der Waals surface area (Å²) in [6, 6.07) is 4.97. The Bertz CT molecular complexity index is 730. The van der Waals surface area contributed by atoms with Crippen molar-refractivity contribution >= 4 is 21.6 Å². The minimum absolute atomic E-state index is 0.0533. The summed E-state index contributed by atoms with van der Waals surface area (Å²) in [4.78, 5) is 12.1. The fraction of sp³-hybridized carbons (Fsp3) is 0.562. The van der Waals surface area contributed by atoms with Crippen molar-refractivity contribution in [2.24, 2.45) is 5.92 Å². The van der Waals surface area contributed by atoms with Gasteiger partial charge in [0.2, 0.25) is 22.7 Å². The molecule has 2 aliphatic rings. The molecule has 0 saturated carbocycles. The topological polar surface area (TPSA) is 94.2 Å². The minimum atomic E-state index is -3.49. The van der Waals surface area contributed by atoms with E-state index in [-0.39, 0.29) is 31.7 Å². The number of anilines is 1. The van der Waals surface area contributed by atoms with Gasteiger partial charge in [0.05, 0.1) is 18.5 Å². The number of amides is 1. The van der Waals surface area contributed by atoms with E-state index in [1.54, 1.807) is 18.2 Å². The highest BCUT2D eigenvalue weighted by Gasteiger charge is 2.24. The maximum atomic E-state index is 12.1. The molecule has 0 aromatic heterocycles. The highest BCUT2D eigenvalue weighted by atomic mass is 32.2. The Balaban J connectivity index is 1.63. The molecule has 0 atom stereocenters. The van der Waals surface area contributed by atoms with E-state index in [0.29, 0.717) is 43.2 Å². The van der Waals surface area contributed by atoms with Crippen molar-refractivity contribution in [2.75, 3.05) is 43.7 Å². The van der Waals surface area contributed by atoms with Crippen molar-refractivity contribution in [3.63, 3.8) is 0 Å². The maximum absolute atomic E-state index is 12.1. The van der Waals surface area contributed by atoms with Gasteiger partial charge in [-0.3, -0.25) is 9.10 Å². The minimum Gasteiger partial charge on any atom is -0.454 e. The van der Waals surface area contributed by atoms with Crippen molar-refractivity contribution in [2.45, 2.75) is 12.8 Å². The second-order valence-corrected chi connectivity index (χ2v) is 7.96. The third-order valence-electron chi connectivity index (χ3n) is 4.25. The number of carbonyl (C=O) groups is 1. The summed E-state index contributed by atoms with van der Waals surface area (Å²) < 4.78 is 41.3. The number of carbonyl (C=O) groups excluding carboxylic acids is 1. The third kappa shape index (κ3) is 4.35. The van der Waals surface area contributed by atoms with Crippen LogP contribution in [0.15, 0.2) is 18.2 Å². The summed E-state index contributed by atoms with van der Waals surface area (Å²) in [5, 5.41) is 2.82. The number of benzene rings is 1. The lowest BCUT2D eigenvalue weighted by Gasteiger charge is -2.24. The predicted molar refractivity (Wildman–Crippen MR) is 91.3 cm³/mol. The Kier molecular flexibility index (Phi) is 5.33. The van der Waals surface area contributed by atoms with Crippen LogP contribution in [0.5, 0.6) is 11.5 Å². The van der Waals surface area contributed by atoms with E-state index < -0.39 is 10.0 Å². The van der Waals surface area contributed by atoms with Crippen LogP contribution < -0.4 is 19.1 Å². The Hall–Kier alpha value is -2.00. The van der Waals surface area contributed by atoms with Gasteiger partial charge < -0.3 is 19.5 Å². The van der Waals surface area contributed by atoms with E-state index >= 15 is 0 Å². The standard InChI is InChI=1S/C16H22N2O6S/c1-25(20,21)18(13-2-3-14-15(10-13)24-11-23-14)7-6-17-16(19)12-4-8-22-9-5-12/h2-3,10,12H,4-9,11H2,1H3,(H,17,19). The summed E-state index contributed by atoms with van der Waals surface area (Å²) in [6.07, 6.45) is 2.53. The Morgan fingerprint density at radius 3 is 2.68 bits per heavy atom. The fourth-order valence-corrected chi connectivity index (χ4v) is 3.83. The van der Waals surface area contributed by atoms with Gasteiger partial charge in [-0.05, 0) is 25.0 Å². The van der Waals surface area contributed by atoms with Crippen LogP contribution >= 0.6 is 0 Å². The first-order valence-corrected chi connectivity index (χ1v) is 10.0. The van der Waals surface area contributed by atoms with Crippen LogP contribution in [-0.4, -0.2) is 53.7 Å². The van der Waals surface area contributed by atoms with Gasteiger partial charge in [0.25, 0.3) is 0 Å². The highest BCUT2D eigenvalue weighted by molar-refractivity contribution is 7.92. The zero-order chi connectivity index (χ0) is 17.9. The van der Waals surface area contributed by atoms with Gasteiger partial charge >= 0.3 is 0 Å². The second-order valence-electron chi connectivity index (χ2n) is 6.05. The SMILES string of the molecule is CS(=O)(=O)N(CCNC(=O)C1CCOCC1)c1ccc2c(c1)OCO2. The molecule has 1 fully saturated rings. The molecule has 0 spiro atoms. The lowest BCUT2D eigenvalue weighted by molar-refractivity contribution is -0.127. The number of fused-ring (bicyclic) bond motifs is 1. The first kappa shape index (κ1) is 17.8. The third-order valence-corrected chi connectivity index (χ3v) is 5.44. The van der Waals surface area contributed by atoms with Crippen LogP contribution in [0.1, 0.15) is 12.8 Å². The number of ether oxygens (including phenoxy) is 3. The number of rotatable bonds is 6. The van der Waals surface area contributed by atoms with Gasteiger partial charge in [-0.1, -0.05) is 0 Å². The zero-order valence-corrected chi connectivity index (χ0v) is 14.9. The molecule has 25 heavy (non-hydrogen) atoms. The van der Waals surface area contributed by atoms with Gasteiger partial charge in [-0.15, -0.1) is 0 Å². The van der Waals surface area contributed by atoms with Crippen LogP contribution in [0.3, 0.4) is 0 Å². The number of sulfonamides is 1. The van der Waals surface area contributed by atoms with Crippen molar-refractivity contribution < 1.29 is 27.4 Å². The molecule has 0 unspecified atom stereocenters. The Morgan fingerprint density at radius 1 is 1.24 bits per heavy atom. The number of nitrogens with one attached hydrogen (secondary N) is 1. The monoisotopic (exact) mass is 370 g/mol. The molecular formula is C16H22N2O6S. The Labute approximate surface area is 147 Å². The van der Waals surface area contributed by atoms with Gasteiger partial charge in [-0.2, -0.15) is 0 Å². The first-order chi connectivity index (χ1) is 11.9. The summed E-state index contributed by atoms with van der Waals surface area (Å²) in [5.41, 5.74) is 0.479. The number of nitrogens with zero attached hydrogens (tertiary/aromatic N) is 1. The lowest BCUT2D eigenvalue weighted by Crippen LogP contribution is -2.41. The molecule has 3 rings (SSSR count). The van der Waals surface area contributed by atoms with E-state index in [0.717, 1.165) is 6.26 Å². The second kappa shape index (κ2) is 7.49. The molecule has 2 heterocycles. The van der Waals surface area contributed by atoms with Gasteiger partial charge in [0.1, 0.15) is 0 Å². The predicted octanol–water partition coefficient (Wildman–Crippen LogP) is 0.724. The van der Waals surface area contributed by atoms with Crippen LogP contribution in [0.25, 0.3) is 0 Å². The smallest absolute Gasteiger partial charge is 0.232 e. The van der Waals surface area contributed by atoms with Gasteiger partial charge in [0, 0.05) is 31.7 Å². The molecule has 1 saturated heterocycles. The quantitative estimate of drug-likeness (QED) is 0.793. The molecule has 1 N–H and O–H groups in total. The summed E-state index contributed by atoms with van der Waals surface area (Å²) in [7, 11) is -3.49. The van der Waals surface area contributed by atoms with E-state index in [4.69, 9.17) is 14.2 Å². The van der Waals surface area contributed by atoms with Crippen LogP contribution in [0.2, 0.25) is 0 Å². The fourth-order valence-electron chi connectivity index (χ4n) is 2.91. The van der Waals surface area contributed by atoms with Crippen molar-refractivity contribution in [3.8, 4) is 11.5 Å². The summed E-state index contributed by atoms with van der Waals surface area (Å²) >= 11 is 0. The summed E-state index contributed by atoms with van der Waals surface area (Å²) in [5.74, 6) is 0.982. The molecule has 1 aromatic rings. The van der Waals surface area contributed by atoms with E-state index in [1.165, 1.54) is 4.31 Å². The molecule has 2 aliphatic heterocycles. The van der Waals surface area contributed by atoms with Crippen LogP contribution in [0, 0.1) is 5.92 Å². The number of hydrogen-bond acceptors (Lipinski definition) is 6. The van der Waals surface area contributed by atoms with E-state index in [9.17, 15) is 13.2 Å². The average Bonchev–Trinajstić information content (AvgIpc) is 3.05. The van der Waals surface area contributed by atoms with Crippen molar-refractivity contribution in [1.29, 1.82) is 0 Å². The maximum Gasteiger partial charge on any atom is 0.232 e. The normalized spacial score (nSPS) is 17.3. The van der Waals surface area contributed by atoms with Gasteiger partial charge in [0.15, 0.2) is 11.5 Å². The van der Waals surface area contributed by atoms with Gasteiger partial charge in [-0.25, -0.2) is 8.42 Å². The molecule has 1 aromatic carbocycles. The molecule has 8 nitrogen and oxygen atoms in total. The molecule has 9 heteroatoms. The van der Waals surface area contributed by atoms with Crippen LogP contribution in [-0.2, 0) is 19.6 Å².